The number of esters is 1. The van der Waals surface area contributed by atoms with E-state index in [1.165, 1.54) is 12.5 Å². The standard InChI is InChI=1S/C20H25N3O6SSi/c1-28-20(25)16-11-30-18(22-16)17(24)14-10-21-15-9-12(5-6-13(14)15)19(23(26)27)29-7-8-31(2,3)4/h5-6,9-11,17,19,21,24H,7-8H2,1-4H3. The van der Waals surface area contributed by atoms with Gasteiger partial charge in [0.05, 0.1) is 24.2 Å². The quantitative estimate of drug-likeness (QED) is 0.161. The molecule has 1 aromatic carbocycles. The molecular formula is C20H25N3O6SSi. The van der Waals surface area contributed by atoms with Crippen LogP contribution in [0.1, 0.15) is 39.0 Å². The number of aromatic nitrogens is 2. The van der Waals surface area contributed by atoms with Crippen LogP contribution in [0.4, 0.5) is 0 Å². The van der Waals surface area contributed by atoms with Crippen molar-refractivity contribution < 1.29 is 24.3 Å². The molecule has 166 valence electrons. The summed E-state index contributed by atoms with van der Waals surface area (Å²) in [6.07, 6.45) is -0.674. The first-order valence-corrected chi connectivity index (χ1v) is 14.3. The Kier molecular flexibility index (Phi) is 6.89. The summed E-state index contributed by atoms with van der Waals surface area (Å²) in [6, 6.07) is 5.85. The first kappa shape index (κ1) is 23.1. The number of aliphatic hydroxyl groups excluding tert-OH is 1. The number of methoxy groups -OCH3 is 1. The number of hydrogen-bond donors (Lipinski definition) is 2. The largest absolute Gasteiger partial charge is 0.464 e. The van der Waals surface area contributed by atoms with Crippen LogP contribution in [-0.4, -0.2) is 47.8 Å². The molecule has 0 saturated carbocycles. The Morgan fingerprint density at radius 2 is 2.13 bits per heavy atom. The number of H-pyrrole nitrogens is 1. The number of carbonyl (C=O) groups is 1. The summed E-state index contributed by atoms with van der Waals surface area (Å²) in [7, 11) is -0.103. The summed E-state index contributed by atoms with van der Waals surface area (Å²) in [4.78, 5) is 29.9. The molecule has 0 saturated heterocycles. The smallest absolute Gasteiger partial charge is 0.357 e. The van der Waals surface area contributed by atoms with E-state index in [2.05, 4.69) is 34.3 Å². The van der Waals surface area contributed by atoms with Crippen LogP contribution >= 0.6 is 11.3 Å². The first-order valence-electron chi connectivity index (χ1n) is 9.68. The molecule has 2 N–H and O–H groups in total. The van der Waals surface area contributed by atoms with E-state index in [-0.39, 0.29) is 5.69 Å². The maximum atomic E-state index is 11.6. The highest BCUT2D eigenvalue weighted by Gasteiger charge is 2.26. The number of aliphatic hydroxyl groups is 1. The zero-order valence-corrected chi connectivity index (χ0v) is 19.6. The summed E-state index contributed by atoms with van der Waals surface area (Å²) < 4.78 is 10.2. The van der Waals surface area contributed by atoms with Crippen LogP contribution in [0.3, 0.4) is 0 Å². The van der Waals surface area contributed by atoms with E-state index in [1.54, 1.807) is 24.4 Å². The summed E-state index contributed by atoms with van der Waals surface area (Å²) in [5, 5.41) is 24.9. The molecule has 2 aromatic heterocycles. The van der Waals surface area contributed by atoms with E-state index in [9.17, 15) is 20.0 Å². The molecular weight excluding hydrogens is 438 g/mol. The van der Waals surface area contributed by atoms with Gasteiger partial charge in [-0.2, -0.15) is 0 Å². The minimum absolute atomic E-state index is 0.132. The Bertz CT molecular complexity index is 1090. The molecule has 0 radical (unpaired) electrons. The molecule has 2 unspecified atom stereocenters. The first-order chi connectivity index (χ1) is 14.6. The van der Waals surface area contributed by atoms with E-state index in [0.29, 0.717) is 33.6 Å². The lowest BCUT2D eigenvalue weighted by atomic mass is 10.1. The van der Waals surface area contributed by atoms with Gasteiger partial charge in [0.2, 0.25) is 0 Å². The molecule has 0 bridgehead atoms. The van der Waals surface area contributed by atoms with E-state index < -0.39 is 31.3 Å². The highest BCUT2D eigenvalue weighted by Crippen LogP contribution is 2.32. The van der Waals surface area contributed by atoms with Crippen molar-refractivity contribution in [3.05, 3.63) is 61.7 Å². The maximum absolute atomic E-state index is 11.6. The lowest BCUT2D eigenvalue weighted by molar-refractivity contribution is -0.583. The lowest BCUT2D eigenvalue weighted by Gasteiger charge is -2.17. The Labute approximate surface area is 184 Å². The minimum atomic E-state index is -1.37. The molecule has 0 amide bonds. The van der Waals surface area contributed by atoms with Crippen molar-refractivity contribution in [3.8, 4) is 0 Å². The molecule has 2 atom stereocenters. The van der Waals surface area contributed by atoms with Gasteiger partial charge in [-0.05, 0) is 18.2 Å². The van der Waals surface area contributed by atoms with Crippen LogP contribution < -0.4 is 0 Å². The van der Waals surface area contributed by atoms with Crippen LogP contribution in [0.2, 0.25) is 25.7 Å². The third-order valence-electron chi connectivity index (χ3n) is 4.79. The number of thiazole rings is 1. The van der Waals surface area contributed by atoms with Gasteiger partial charge in [0, 0.05) is 36.1 Å². The highest BCUT2D eigenvalue weighted by atomic mass is 32.1. The van der Waals surface area contributed by atoms with Crippen molar-refractivity contribution in [3.63, 3.8) is 0 Å². The van der Waals surface area contributed by atoms with E-state index in [0.717, 1.165) is 17.4 Å². The molecule has 0 fully saturated rings. The summed E-state index contributed by atoms with van der Waals surface area (Å²) in [5.41, 5.74) is 1.76. The zero-order chi connectivity index (χ0) is 22.8. The Hall–Kier alpha value is -2.60. The predicted molar refractivity (Wildman–Crippen MR) is 120 cm³/mol. The van der Waals surface area contributed by atoms with Crippen LogP contribution in [0, 0.1) is 10.1 Å². The second-order valence-corrected chi connectivity index (χ2v) is 14.8. The summed E-state index contributed by atoms with van der Waals surface area (Å²) >= 11 is 1.15. The fourth-order valence-corrected chi connectivity index (χ4v) is 4.56. The van der Waals surface area contributed by atoms with Crippen molar-refractivity contribution in [2.45, 2.75) is 38.0 Å². The SMILES string of the molecule is COC(=O)c1csc(C(O)c2c[nH]c3cc(C(OCC[Si](C)(C)C)[N+](=O)[O-])ccc23)n1. The average Bonchev–Trinajstić information content (AvgIpc) is 3.36. The third kappa shape index (κ3) is 5.36. The van der Waals surface area contributed by atoms with E-state index in [4.69, 9.17) is 4.74 Å². The number of nitro groups is 1. The van der Waals surface area contributed by atoms with Crippen LogP contribution in [0.15, 0.2) is 29.8 Å². The van der Waals surface area contributed by atoms with Gasteiger partial charge < -0.3 is 19.6 Å². The summed E-state index contributed by atoms with van der Waals surface area (Å²) in [6.45, 7) is 6.89. The molecule has 11 heteroatoms. The number of carbonyl (C=O) groups excluding carboxylic acids is 1. The van der Waals surface area contributed by atoms with Crippen molar-refractivity contribution in [1.29, 1.82) is 0 Å². The van der Waals surface area contributed by atoms with Crippen LogP contribution in [-0.2, 0) is 9.47 Å². The zero-order valence-electron chi connectivity index (χ0n) is 17.7. The number of nitrogens with one attached hydrogen (secondary N) is 1. The Morgan fingerprint density at radius 3 is 2.77 bits per heavy atom. The topological polar surface area (TPSA) is 128 Å². The van der Waals surface area contributed by atoms with Gasteiger partial charge in [-0.3, -0.25) is 10.1 Å². The number of fused-ring (bicyclic) bond motifs is 1. The van der Waals surface area contributed by atoms with E-state index in [1.807, 2.05) is 0 Å². The third-order valence-corrected chi connectivity index (χ3v) is 7.39. The highest BCUT2D eigenvalue weighted by molar-refractivity contribution is 7.09. The number of aromatic amines is 1. The van der Waals surface area contributed by atoms with Crippen molar-refractivity contribution in [1.82, 2.24) is 9.97 Å². The van der Waals surface area contributed by atoms with Gasteiger partial charge in [0.1, 0.15) is 11.1 Å². The summed E-state index contributed by atoms with van der Waals surface area (Å²) in [5.74, 6) is -0.571. The normalized spacial score (nSPS) is 13.8. The van der Waals surface area contributed by atoms with Gasteiger partial charge in [-0.1, -0.05) is 25.7 Å². The lowest BCUT2D eigenvalue weighted by Crippen LogP contribution is -2.24. The minimum Gasteiger partial charge on any atom is -0.464 e. The fraction of sp³-hybridized carbons (Fsp3) is 0.400. The number of ether oxygens (including phenoxy) is 2. The average molecular weight is 464 g/mol. The molecule has 0 aliphatic carbocycles. The van der Waals surface area contributed by atoms with Gasteiger partial charge in [-0.25, -0.2) is 9.78 Å². The molecule has 3 aromatic rings. The number of benzene rings is 1. The van der Waals surface area contributed by atoms with Crippen LogP contribution in [0.25, 0.3) is 10.9 Å². The second kappa shape index (κ2) is 9.26. The number of rotatable bonds is 9. The molecule has 0 aliphatic heterocycles. The van der Waals surface area contributed by atoms with Crippen molar-refractivity contribution >= 4 is 36.3 Å². The molecule has 0 aliphatic rings. The Morgan fingerprint density at radius 1 is 1.39 bits per heavy atom. The molecule has 31 heavy (non-hydrogen) atoms. The number of nitrogens with zero attached hydrogens (tertiary/aromatic N) is 2. The molecule has 9 nitrogen and oxygen atoms in total. The van der Waals surface area contributed by atoms with Crippen molar-refractivity contribution in [2.24, 2.45) is 0 Å². The van der Waals surface area contributed by atoms with Gasteiger partial charge in [0.15, 0.2) is 5.69 Å². The second-order valence-electron chi connectivity index (χ2n) is 8.33. The van der Waals surface area contributed by atoms with Gasteiger partial charge >= 0.3 is 12.2 Å². The molecule has 3 rings (SSSR count). The Balaban J connectivity index is 1.83. The van der Waals surface area contributed by atoms with Gasteiger partial charge in [0.25, 0.3) is 0 Å². The van der Waals surface area contributed by atoms with Crippen LogP contribution in [0.5, 0.6) is 0 Å². The fourth-order valence-electron chi connectivity index (χ4n) is 3.05. The molecule has 2 heterocycles. The number of hydrogen-bond acceptors (Lipinski definition) is 8. The maximum Gasteiger partial charge on any atom is 0.357 e. The van der Waals surface area contributed by atoms with Crippen molar-refractivity contribution in [2.75, 3.05) is 13.7 Å². The molecule has 0 spiro atoms. The van der Waals surface area contributed by atoms with Gasteiger partial charge in [-0.15, -0.1) is 11.3 Å². The van der Waals surface area contributed by atoms with E-state index >= 15 is 0 Å². The monoisotopic (exact) mass is 463 g/mol. The predicted octanol–water partition coefficient (Wildman–Crippen LogP) is 4.12.